The van der Waals surface area contributed by atoms with E-state index < -0.39 is 0 Å². The van der Waals surface area contributed by atoms with E-state index in [0.29, 0.717) is 52.4 Å². The van der Waals surface area contributed by atoms with Gasteiger partial charge in [-0.25, -0.2) is 4.98 Å². The van der Waals surface area contributed by atoms with E-state index in [9.17, 15) is 9.59 Å². The third-order valence-corrected chi connectivity index (χ3v) is 5.56. The highest BCUT2D eigenvalue weighted by atomic mass is 16.5. The summed E-state index contributed by atoms with van der Waals surface area (Å²) in [5, 5.41) is 3.29. The molecule has 27 heavy (non-hydrogen) atoms. The third-order valence-electron chi connectivity index (χ3n) is 5.56. The minimum atomic E-state index is -0.132. The van der Waals surface area contributed by atoms with Crippen molar-refractivity contribution in [1.29, 1.82) is 0 Å². The molecular formula is C19H31N5O3. The number of piperidine rings is 1. The number of carbonyl (C=O) groups is 2. The van der Waals surface area contributed by atoms with Crippen LogP contribution in [0, 0.1) is 11.8 Å². The molecule has 2 saturated heterocycles. The molecule has 3 rings (SSSR count). The number of carbonyl (C=O) groups excluding carboxylic acids is 2. The summed E-state index contributed by atoms with van der Waals surface area (Å²) in [6, 6.07) is 0. The van der Waals surface area contributed by atoms with Crippen molar-refractivity contribution in [3.05, 3.63) is 18.2 Å². The van der Waals surface area contributed by atoms with Gasteiger partial charge in [0.05, 0.1) is 25.0 Å². The largest absolute Gasteiger partial charge is 0.378 e. The summed E-state index contributed by atoms with van der Waals surface area (Å²) in [6.45, 7) is 4.52. The van der Waals surface area contributed by atoms with Gasteiger partial charge in [-0.1, -0.05) is 0 Å². The average molecular weight is 377 g/mol. The first-order valence-corrected chi connectivity index (χ1v) is 9.84. The molecule has 2 atom stereocenters. The maximum Gasteiger partial charge on any atom is 0.227 e. The van der Waals surface area contributed by atoms with E-state index in [4.69, 9.17) is 4.74 Å². The lowest BCUT2D eigenvalue weighted by Gasteiger charge is -2.35. The molecule has 0 unspecified atom stereocenters. The summed E-state index contributed by atoms with van der Waals surface area (Å²) < 4.78 is 7.33. The van der Waals surface area contributed by atoms with Gasteiger partial charge in [0.1, 0.15) is 5.82 Å². The Labute approximate surface area is 160 Å². The monoisotopic (exact) mass is 377 g/mol. The maximum atomic E-state index is 12.8. The number of aromatic nitrogens is 2. The molecule has 0 aromatic carbocycles. The lowest BCUT2D eigenvalue weighted by molar-refractivity contribution is -0.142. The van der Waals surface area contributed by atoms with Gasteiger partial charge in [0, 0.05) is 65.6 Å². The molecule has 0 radical (unpaired) electrons. The number of nitrogens with zero attached hydrogens (tertiary/aromatic N) is 4. The molecule has 2 amide bonds. The van der Waals surface area contributed by atoms with Gasteiger partial charge in [0.25, 0.3) is 0 Å². The van der Waals surface area contributed by atoms with Crippen LogP contribution < -0.4 is 5.32 Å². The maximum absolute atomic E-state index is 12.8. The Hall–Kier alpha value is -1.93. The second kappa shape index (κ2) is 9.32. The lowest BCUT2D eigenvalue weighted by Crippen LogP contribution is -2.51. The van der Waals surface area contributed by atoms with Gasteiger partial charge in [-0.05, 0) is 12.8 Å². The second-order valence-electron chi connectivity index (χ2n) is 7.54. The molecule has 2 aliphatic rings. The topological polar surface area (TPSA) is 79.7 Å². The molecule has 0 spiro atoms. The summed E-state index contributed by atoms with van der Waals surface area (Å²) in [4.78, 5) is 33.5. The molecule has 8 heteroatoms. The van der Waals surface area contributed by atoms with Crippen LogP contribution in [-0.2, 0) is 27.8 Å². The van der Waals surface area contributed by atoms with Gasteiger partial charge in [0.2, 0.25) is 11.8 Å². The van der Waals surface area contributed by atoms with Crippen LogP contribution in [0.3, 0.4) is 0 Å². The number of morpholine rings is 1. The Morgan fingerprint density at radius 2 is 2.04 bits per heavy atom. The van der Waals surface area contributed by atoms with E-state index in [2.05, 4.69) is 10.3 Å². The van der Waals surface area contributed by atoms with Gasteiger partial charge in [-0.2, -0.15) is 0 Å². The Morgan fingerprint density at radius 3 is 2.74 bits per heavy atom. The molecule has 1 aromatic rings. The predicted octanol–water partition coefficient (Wildman–Crippen LogP) is -0.104. The highest BCUT2D eigenvalue weighted by molar-refractivity contribution is 5.83. The Morgan fingerprint density at radius 1 is 1.30 bits per heavy atom. The van der Waals surface area contributed by atoms with Gasteiger partial charge in [-0.15, -0.1) is 0 Å². The van der Waals surface area contributed by atoms with Crippen molar-refractivity contribution in [3.63, 3.8) is 0 Å². The molecule has 3 heterocycles. The zero-order valence-electron chi connectivity index (χ0n) is 16.4. The lowest BCUT2D eigenvalue weighted by atomic mass is 9.88. The van der Waals surface area contributed by atoms with E-state index >= 15 is 0 Å². The molecule has 2 fully saturated rings. The molecular weight excluding hydrogens is 346 g/mol. The van der Waals surface area contributed by atoms with Crippen LogP contribution in [0.1, 0.15) is 18.7 Å². The first-order chi connectivity index (χ1) is 13.1. The fourth-order valence-corrected chi connectivity index (χ4v) is 3.89. The molecule has 0 aliphatic carbocycles. The third kappa shape index (κ3) is 5.07. The van der Waals surface area contributed by atoms with E-state index in [0.717, 1.165) is 18.7 Å². The minimum absolute atomic E-state index is 0.119. The quantitative estimate of drug-likeness (QED) is 0.749. The Kier molecular flexibility index (Phi) is 6.84. The van der Waals surface area contributed by atoms with Crippen LogP contribution in [0.4, 0.5) is 0 Å². The predicted molar refractivity (Wildman–Crippen MR) is 101 cm³/mol. The number of ether oxygens (including phenoxy) is 1. The zero-order valence-corrected chi connectivity index (χ0v) is 16.4. The van der Waals surface area contributed by atoms with Gasteiger partial charge >= 0.3 is 0 Å². The molecule has 150 valence electrons. The summed E-state index contributed by atoms with van der Waals surface area (Å²) in [7, 11) is 3.84. The van der Waals surface area contributed by atoms with Crippen LogP contribution in [0.5, 0.6) is 0 Å². The number of nitrogens with one attached hydrogen (secondary N) is 1. The molecule has 1 N–H and O–H groups in total. The van der Waals surface area contributed by atoms with E-state index in [-0.39, 0.29) is 23.7 Å². The SMILES string of the molecule is CN(CCCc1nccn1C)C(=O)[C@H]1CNC[C@@H](C(=O)N2CCOCC2)C1. The number of hydrogen-bond acceptors (Lipinski definition) is 5. The van der Waals surface area contributed by atoms with Crippen molar-refractivity contribution in [2.45, 2.75) is 19.3 Å². The zero-order chi connectivity index (χ0) is 19.2. The number of rotatable bonds is 6. The van der Waals surface area contributed by atoms with Crippen molar-refractivity contribution < 1.29 is 14.3 Å². The van der Waals surface area contributed by atoms with Gasteiger partial charge in [0.15, 0.2) is 0 Å². The van der Waals surface area contributed by atoms with Crippen molar-refractivity contribution >= 4 is 11.8 Å². The molecule has 8 nitrogen and oxygen atoms in total. The van der Waals surface area contributed by atoms with Crippen molar-refractivity contribution in [2.75, 3.05) is 53.0 Å². The van der Waals surface area contributed by atoms with Crippen LogP contribution in [-0.4, -0.2) is 84.2 Å². The first kappa shape index (κ1) is 19.8. The minimum Gasteiger partial charge on any atom is -0.378 e. The van der Waals surface area contributed by atoms with Crippen LogP contribution in [0.2, 0.25) is 0 Å². The van der Waals surface area contributed by atoms with E-state index in [1.54, 1.807) is 11.1 Å². The summed E-state index contributed by atoms with van der Waals surface area (Å²) >= 11 is 0. The summed E-state index contributed by atoms with van der Waals surface area (Å²) in [5.74, 6) is 1.06. The van der Waals surface area contributed by atoms with Crippen LogP contribution >= 0.6 is 0 Å². The van der Waals surface area contributed by atoms with Crippen LogP contribution in [0.15, 0.2) is 12.4 Å². The highest BCUT2D eigenvalue weighted by Gasteiger charge is 2.34. The van der Waals surface area contributed by atoms with Crippen LogP contribution in [0.25, 0.3) is 0 Å². The highest BCUT2D eigenvalue weighted by Crippen LogP contribution is 2.21. The molecule has 1 aromatic heterocycles. The smallest absolute Gasteiger partial charge is 0.227 e. The Balaban J connectivity index is 1.46. The van der Waals surface area contributed by atoms with Crippen molar-refractivity contribution in [2.24, 2.45) is 18.9 Å². The number of amides is 2. The standard InChI is InChI=1S/C19H31N5O3/c1-22-7-5-21-17(22)4-3-6-23(2)18(25)15-12-16(14-20-13-15)19(26)24-8-10-27-11-9-24/h5,7,15-16,20H,3-4,6,8-14H2,1-2H3/t15-,16+/m1/s1. The van der Waals surface area contributed by atoms with Gasteiger partial charge in [-0.3, -0.25) is 9.59 Å². The summed E-state index contributed by atoms with van der Waals surface area (Å²) in [6.07, 6.45) is 6.09. The first-order valence-electron chi connectivity index (χ1n) is 9.84. The Bertz CT molecular complexity index is 641. The molecule has 0 saturated carbocycles. The average Bonchev–Trinajstić information content (AvgIpc) is 3.12. The summed E-state index contributed by atoms with van der Waals surface area (Å²) in [5.41, 5.74) is 0. The number of aryl methyl sites for hydroxylation is 2. The number of imidazole rings is 1. The second-order valence-corrected chi connectivity index (χ2v) is 7.54. The van der Waals surface area contributed by atoms with E-state index in [1.807, 2.05) is 29.8 Å². The number of hydrogen-bond donors (Lipinski definition) is 1. The van der Waals surface area contributed by atoms with Gasteiger partial charge < -0.3 is 24.4 Å². The van der Waals surface area contributed by atoms with Crippen molar-refractivity contribution in [1.82, 2.24) is 24.7 Å². The van der Waals surface area contributed by atoms with E-state index in [1.165, 1.54) is 0 Å². The molecule has 0 bridgehead atoms. The molecule has 2 aliphatic heterocycles. The normalized spacial score (nSPS) is 23.3. The van der Waals surface area contributed by atoms with Crippen molar-refractivity contribution in [3.8, 4) is 0 Å². The fraction of sp³-hybridized carbons (Fsp3) is 0.737. The fourth-order valence-electron chi connectivity index (χ4n) is 3.89.